The van der Waals surface area contributed by atoms with Crippen LogP contribution in [-0.4, -0.2) is 17.1 Å². The highest BCUT2D eigenvalue weighted by Gasteiger charge is 2.04. The first kappa shape index (κ1) is 35.3. The molecule has 0 radical (unpaired) electrons. The van der Waals surface area contributed by atoms with Crippen LogP contribution in [0.5, 0.6) is 0 Å². The molecule has 2 aromatic rings. The number of carboxylic acid groups (broad SMARTS) is 1. The van der Waals surface area contributed by atoms with Crippen molar-refractivity contribution in [1.82, 2.24) is 0 Å². The number of allylic oxidation sites excluding steroid dienone is 2. The molecule has 0 saturated carbocycles. The van der Waals surface area contributed by atoms with Gasteiger partial charge in [-0.1, -0.05) is 102 Å². The van der Waals surface area contributed by atoms with Gasteiger partial charge in [-0.15, -0.1) is 0 Å². The van der Waals surface area contributed by atoms with Gasteiger partial charge in [0.25, 0.3) is 0 Å². The summed E-state index contributed by atoms with van der Waals surface area (Å²) < 4.78 is 0. The molecule has 0 bridgehead atoms. The minimum atomic E-state index is -0.664. The summed E-state index contributed by atoms with van der Waals surface area (Å²) in [5.74, 6) is 0.0548. The Morgan fingerprint density at radius 3 is 1.75 bits per heavy atom. The normalized spacial score (nSPS) is 11.7. The van der Waals surface area contributed by atoms with Gasteiger partial charge < -0.3 is 15.7 Å². The molecule has 1 atom stereocenters. The third-order valence-corrected chi connectivity index (χ3v) is 6.84. The second-order valence-electron chi connectivity index (χ2n) is 11.5. The molecule has 0 aliphatic heterocycles. The van der Waals surface area contributed by atoms with E-state index < -0.39 is 5.97 Å². The lowest BCUT2D eigenvalue weighted by atomic mass is 10.1. The number of anilines is 3. The summed E-state index contributed by atoms with van der Waals surface area (Å²) in [6, 6.07) is 19.2. The van der Waals surface area contributed by atoms with Crippen LogP contribution in [0.25, 0.3) is 0 Å². The zero-order chi connectivity index (χ0) is 29.3. The van der Waals surface area contributed by atoms with Crippen LogP contribution in [0, 0.1) is 5.92 Å². The van der Waals surface area contributed by atoms with Gasteiger partial charge in [0.05, 0.1) is 0 Å². The highest BCUT2D eigenvalue weighted by molar-refractivity contribution is 5.66. The minimum Gasteiger partial charge on any atom is -0.481 e. The fraction of sp³-hybridized carbons (Fsp3) is 0.583. The molecule has 0 amide bonds. The summed E-state index contributed by atoms with van der Waals surface area (Å²) in [6.45, 7) is 9.00. The van der Waals surface area contributed by atoms with Crippen molar-refractivity contribution in [2.75, 3.05) is 10.6 Å². The van der Waals surface area contributed by atoms with Crippen molar-refractivity contribution in [3.63, 3.8) is 0 Å². The van der Waals surface area contributed by atoms with Gasteiger partial charge in [0.2, 0.25) is 0 Å². The Morgan fingerprint density at radius 1 is 0.700 bits per heavy atom. The van der Waals surface area contributed by atoms with Crippen LogP contribution < -0.4 is 10.6 Å². The van der Waals surface area contributed by atoms with Crippen LogP contribution in [0.1, 0.15) is 124 Å². The van der Waals surface area contributed by atoms with E-state index in [4.69, 9.17) is 5.11 Å². The van der Waals surface area contributed by atoms with Crippen molar-refractivity contribution in [3.05, 3.63) is 66.7 Å². The zero-order valence-corrected chi connectivity index (χ0v) is 26.0. The lowest BCUT2D eigenvalue weighted by molar-refractivity contribution is -0.137. The molecule has 0 aromatic heterocycles. The molecular weight excluding hydrogens is 492 g/mol. The highest BCUT2D eigenvalue weighted by Crippen LogP contribution is 2.20. The summed E-state index contributed by atoms with van der Waals surface area (Å²) in [5.41, 5.74) is 3.40. The summed E-state index contributed by atoms with van der Waals surface area (Å²) in [6.07, 6.45) is 22.4. The minimum absolute atomic E-state index is 0.332. The SMILES string of the molecule is CC(C)CC(C)Nc1ccc(Nc2ccccc2)cc1.CCCCCCCCC=CCCCCCCCC(=O)O. The number of unbranched alkanes of at least 4 members (excludes halogenated alkanes) is 11. The lowest BCUT2D eigenvalue weighted by Crippen LogP contribution is -2.17. The Kier molecular flexibility index (Phi) is 21.2. The van der Waals surface area contributed by atoms with E-state index >= 15 is 0 Å². The molecule has 0 aliphatic rings. The van der Waals surface area contributed by atoms with Crippen molar-refractivity contribution in [2.24, 2.45) is 5.92 Å². The van der Waals surface area contributed by atoms with Crippen molar-refractivity contribution < 1.29 is 9.90 Å². The molecule has 2 rings (SSSR count). The Balaban J connectivity index is 0.000000400. The molecule has 3 N–H and O–H groups in total. The smallest absolute Gasteiger partial charge is 0.303 e. The van der Waals surface area contributed by atoms with Crippen LogP contribution in [-0.2, 0) is 4.79 Å². The maximum atomic E-state index is 10.3. The van der Waals surface area contributed by atoms with Crippen LogP contribution in [0.2, 0.25) is 0 Å². The van der Waals surface area contributed by atoms with Crippen molar-refractivity contribution in [2.45, 2.75) is 130 Å². The fourth-order valence-electron chi connectivity index (χ4n) is 4.74. The van der Waals surface area contributed by atoms with Crippen molar-refractivity contribution >= 4 is 23.0 Å². The van der Waals surface area contributed by atoms with Gasteiger partial charge in [0.15, 0.2) is 0 Å². The summed E-state index contributed by atoms with van der Waals surface area (Å²) in [7, 11) is 0. The Hall–Kier alpha value is -2.75. The van der Waals surface area contributed by atoms with Gasteiger partial charge in [-0.3, -0.25) is 4.79 Å². The first-order valence-corrected chi connectivity index (χ1v) is 16.0. The van der Waals surface area contributed by atoms with E-state index in [0.717, 1.165) is 30.1 Å². The molecule has 0 saturated heterocycles. The molecule has 40 heavy (non-hydrogen) atoms. The predicted octanol–water partition coefficient (Wildman–Crippen LogP) is 11.4. The summed E-state index contributed by atoms with van der Waals surface area (Å²) in [5, 5.41) is 15.4. The van der Waals surface area contributed by atoms with Crippen molar-refractivity contribution in [1.29, 1.82) is 0 Å². The van der Waals surface area contributed by atoms with E-state index in [0.29, 0.717) is 12.5 Å². The van der Waals surface area contributed by atoms with Crippen LogP contribution in [0.15, 0.2) is 66.7 Å². The fourth-order valence-corrected chi connectivity index (χ4v) is 4.74. The van der Waals surface area contributed by atoms with Gasteiger partial charge >= 0.3 is 5.97 Å². The predicted molar refractivity (Wildman–Crippen MR) is 176 cm³/mol. The Morgan fingerprint density at radius 2 is 1.20 bits per heavy atom. The standard InChI is InChI=1S/C18H24N2.C18H34O2/c1-14(2)13-15(3)19-17-9-11-18(12-10-17)20-16-7-5-4-6-8-16;1-2-3-4-5-6-7-8-9-10-11-12-13-14-15-16-17-18(19)20/h4-12,14-15,19-20H,13H2,1-3H3;9-10H,2-8,11-17H2,1H3,(H,19,20). The largest absolute Gasteiger partial charge is 0.481 e. The molecule has 0 aliphatic carbocycles. The molecule has 2 aromatic carbocycles. The van der Waals surface area contributed by atoms with Gasteiger partial charge in [-0.25, -0.2) is 0 Å². The quantitative estimate of drug-likeness (QED) is 0.107. The maximum absolute atomic E-state index is 10.3. The average Bonchev–Trinajstić information content (AvgIpc) is 2.92. The zero-order valence-electron chi connectivity index (χ0n) is 26.0. The van der Waals surface area contributed by atoms with E-state index in [1.807, 2.05) is 18.2 Å². The third kappa shape index (κ3) is 21.1. The molecule has 224 valence electrons. The van der Waals surface area contributed by atoms with E-state index in [-0.39, 0.29) is 0 Å². The molecular formula is C36H58N2O2. The van der Waals surface area contributed by atoms with E-state index in [9.17, 15) is 4.79 Å². The third-order valence-electron chi connectivity index (χ3n) is 6.84. The molecule has 0 fully saturated rings. The topological polar surface area (TPSA) is 61.4 Å². The number of aliphatic carboxylic acids is 1. The van der Waals surface area contributed by atoms with E-state index in [1.54, 1.807) is 0 Å². The first-order valence-electron chi connectivity index (χ1n) is 16.0. The van der Waals surface area contributed by atoms with Gasteiger partial charge in [0.1, 0.15) is 0 Å². The average molecular weight is 551 g/mol. The van der Waals surface area contributed by atoms with Gasteiger partial charge in [-0.2, -0.15) is 0 Å². The Bertz CT molecular complexity index is 877. The monoisotopic (exact) mass is 550 g/mol. The van der Waals surface area contributed by atoms with Gasteiger partial charge in [0, 0.05) is 29.5 Å². The van der Waals surface area contributed by atoms with Crippen LogP contribution in [0.4, 0.5) is 17.1 Å². The van der Waals surface area contributed by atoms with E-state index in [2.05, 4.69) is 86.9 Å². The maximum Gasteiger partial charge on any atom is 0.303 e. The number of carbonyl (C=O) groups is 1. The van der Waals surface area contributed by atoms with E-state index in [1.165, 1.54) is 82.7 Å². The molecule has 0 spiro atoms. The number of hydrogen-bond donors (Lipinski definition) is 3. The number of para-hydroxylation sites is 1. The van der Waals surface area contributed by atoms with Crippen LogP contribution in [0.3, 0.4) is 0 Å². The lowest BCUT2D eigenvalue weighted by Gasteiger charge is -2.17. The highest BCUT2D eigenvalue weighted by atomic mass is 16.4. The number of benzene rings is 2. The molecule has 4 nitrogen and oxygen atoms in total. The Labute approximate surface area is 246 Å². The first-order chi connectivity index (χ1) is 19.4. The molecule has 4 heteroatoms. The summed E-state index contributed by atoms with van der Waals surface area (Å²) in [4.78, 5) is 10.3. The van der Waals surface area contributed by atoms with Crippen LogP contribution >= 0.6 is 0 Å². The second kappa shape index (κ2) is 24.1. The second-order valence-corrected chi connectivity index (χ2v) is 11.5. The summed E-state index contributed by atoms with van der Waals surface area (Å²) >= 11 is 0. The van der Waals surface area contributed by atoms with Crippen molar-refractivity contribution in [3.8, 4) is 0 Å². The molecule has 1 unspecified atom stereocenters. The number of rotatable bonds is 21. The molecule has 0 heterocycles. The number of carboxylic acids is 1. The number of nitrogens with one attached hydrogen (secondary N) is 2. The number of hydrogen-bond acceptors (Lipinski definition) is 3. The van der Waals surface area contributed by atoms with Gasteiger partial charge in [-0.05, 0) is 87.8 Å².